The molecule has 0 atom stereocenters. The minimum atomic E-state index is -0.589. The van der Waals surface area contributed by atoms with Gasteiger partial charge in [-0.05, 0) is 17.7 Å². The number of rotatable bonds is 6. The van der Waals surface area contributed by atoms with E-state index in [9.17, 15) is 9.59 Å². The molecule has 0 heterocycles. The number of amides is 1. The number of benzene rings is 1. The van der Waals surface area contributed by atoms with Gasteiger partial charge in [0.15, 0.2) is 0 Å². The van der Waals surface area contributed by atoms with E-state index in [4.69, 9.17) is 10.3 Å². The summed E-state index contributed by atoms with van der Waals surface area (Å²) in [6, 6.07) is 7.03. The van der Waals surface area contributed by atoms with Crippen LogP contribution in [0.4, 0.5) is 0 Å². The SMILES string of the molecule is COC(=O)CN(Cc1ccc(OC)cc1)C(=O)C=[N+]=[N-]. The van der Waals surface area contributed by atoms with E-state index in [0.29, 0.717) is 5.75 Å². The Morgan fingerprint density at radius 2 is 1.95 bits per heavy atom. The van der Waals surface area contributed by atoms with Crippen LogP contribution in [0.5, 0.6) is 5.75 Å². The van der Waals surface area contributed by atoms with Crippen molar-refractivity contribution in [2.75, 3.05) is 20.8 Å². The number of esters is 1. The van der Waals surface area contributed by atoms with Gasteiger partial charge in [-0.1, -0.05) is 12.1 Å². The predicted molar refractivity (Wildman–Crippen MR) is 70.1 cm³/mol. The molecule has 0 saturated carbocycles. The smallest absolute Gasteiger partial charge is 0.344 e. The van der Waals surface area contributed by atoms with Gasteiger partial charge < -0.3 is 19.9 Å². The van der Waals surface area contributed by atoms with Crippen LogP contribution in [0.25, 0.3) is 5.53 Å². The number of hydrogen-bond acceptors (Lipinski definition) is 4. The quantitative estimate of drug-likeness (QED) is 0.327. The molecule has 0 N–H and O–H groups in total. The molecule has 0 aromatic heterocycles. The average Bonchev–Trinajstić information content (AvgIpc) is 2.47. The van der Waals surface area contributed by atoms with Crippen molar-refractivity contribution in [1.29, 1.82) is 0 Å². The molecule has 0 aliphatic heterocycles. The number of hydrogen-bond donors (Lipinski definition) is 0. The van der Waals surface area contributed by atoms with Crippen molar-refractivity contribution < 1.29 is 23.9 Å². The van der Waals surface area contributed by atoms with Crippen molar-refractivity contribution in [2.24, 2.45) is 0 Å². The summed E-state index contributed by atoms with van der Waals surface area (Å²) < 4.78 is 9.56. The Morgan fingerprint density at radius 3 is 2.45 bits per heavy atom. The molecule has 106 valence electrons. The van der Waals surface area contributed by atoms with E-state index in [1.807, 2.05) is 0 Å². The van der Waals surface area contributed by atoms with Gasteiger partial charge in [-0.3, -0.25) is 9.59 Å². The van der Waals surface area contributed by atoms with Gasteiger partial charge >= 0.3 is 18.1 Å². The lowest BCUT2D eigenvalue weighted by molar-refractivity contribution is -0.146. The molecule has 7 heteroatoms. The van der Waals surface area contributed by atoms with E-state index < -0.39 is 11.9 Å². The molecule has 0 fully saturated rings. The van der Waals surface area contributed by atoms with E-state index in [2.05, 4.69) is 9.53 Å². The molecule has 0 spiro atoms. The van der Waals surface area contributed by atoms with Gasteiger partial charge in [0.25, 0.3) is 0 Å². The van der Waals surface area contributed by atoms with Gasteiger partial charge in [-0.15, -0.1) is 0 Å². The zero-order valence-electron chi connectivity index (χ0n) is 11.3. The first-order valence-electron chi connectivity index (χ1n) is 5.76. The number of ether oxygens (including phenoxy) is 2. The number of carbonyl (C=O) groups excluding carboxylic acids is 2. The zero-order chi connectivity index (χ0) is 15.0. The summed E-state index contributed by atoms with van der Waals surface area (Å²) in [4.78, 5) is 26.9. The lowest BCUT2D eigenvalue weighted by Crippen LogP contribution is -2.36. The van der Waals surface area contributed by atoms with Gasteiger partial charge in [0, 0.05) is 6.54 Å². The van der Waals surface area contributed by atoms with Crippen LogP contribution in [-0.2, 0) is 20.9 Å². The Balaban J connectivity index is 2.84. The Morgan fingerprint density at radius 1 is 1.30 bits per heavy atom. The standard InChI is InChI=1S/C13H15N3O4/c1-19-11-5-3-10(4-6-11)8-16(9-13(18)20-2)12(17)7-15-14/h3-7H,8-9H2,1-2H3. The summed E-state index contributed by atoms with van der Waals surface area (Å²) in [5.41, 5.74) is 9.20. The summed E-state index contributed by atoms with van der Waals surface area (Å²) in [7, 11) is 2.79. The molecule has 20 heavy (non-hydrogen) atoms. The summed E-state index contributed by atoms with van der Waals surface area (Å²) >= 11 is 0. The second kappa shape index (κ2) is 7.70. The van der Waals surface area contributed by atoms with Gasteiger partial charge in [0.05, 0.1) is 14.2 Å². The maximum Gasteiger partial charge on any atom is 0.344 e. The van der Waals surface area contributed by atoms with Gasteiger partial charge in [-0.2, -0.15) is 4.79 Å². The monoisotopic (exact) mass is 277 g/mol. The fourth-order valence-electron chi connectivity index (χ4n) is 1.51. The van der Waals surface area contributed by atoms with Crippen LogP contribution in [0.15, 0.2) is 24.3 Å². The van der Waals surface area contributed by atoms with Crippen molar-refractivity contribution in [3.8, 4) is 5.75 Å². The minimum Gasteiger partial charge on any atom is -0.497 e. The number of carbonyl (C=O) groups is 2. The highest BCUT2D eigenvalue weighted by atomic mass is 16.5. The van der Waals surface area contributed by atoms with Crippen LogP contribution in [0.2, 0.25) is 0 Å². The maximum absolute atomic E-state index is 11.7. The molecule has 0 saturated heterocycles. The second-order valence-corrected chi connectivity index (χ2v) is 3.86. The molecule has 0 unspecified atom stereocenters. The lowest BCUT2D eigenvalue weighted by Gasteiger charge is -2.18. The van der Waals surface area contributed by atoms with Crippen LogP contribution >= 0.6 is 0 Å². The molecule has 1 aromatic carbocycles. The van der Waals surface area contributed by atoms with Gasteiger partial charge in [0.1, 0.15) is 12.3 Å². The lowest BCUT2D eigenvalue weighted by atomic mass is 10.2. The van der Waals surface area contributed by atoms with E-state index in [0.717, 1.165) is 11.8 Å². The second-order valence-electron chi connectivity index (χ2n) is 3.86. The number of methoxy groups -OCH3 is 2. The van der Waals surface area contributed by atoms with Gasteiger partial charge in [-0.25, -0.2) is 0 Å². The Labute approximate surface area is 116 Å². The Bertz CT molecular complexity index is 521. The maximum atomic E-state index is 11.7. The summed E-state index contributed by atoms with van der Waals surface area (Å²) in [6.07, 6.45) is 0.729. The first-order chi connectivity index (χ1) is 9.60. The fraction of sp³-hybridized carbons (Fsp3) is 0.308. The Kier molecular flexibility index (Phi) is 5.93. The van der Waals surface area contributed by atoms with Crippen molar-refractivity contribution in [2.45, 2.75) is 6.54 Å². The van der Waals surface area contributed by atoms with Crippen LogP contribution < -0.4 is 4.74 Å². The zero-order valence-corrected chi connectivity index (χ0v) is 11.3. The molecule has 0 aliphatic rings. The number of nitrogens with zero attached hydrogens (tertiary/aromatic N) is 3. The van der Waals surface area contributed by atoms with Gasteiger partial charge in [0.2, 0.25) is 0 Å². The molecule has 1 amide bonds. The third kappa shape index (κ3) is 4.55. The Hall–Kier alpha value is -2.66. The predicted octanol–water partition coefficient (Wildman–Crippen LogP) is 0.497. The summed E-state index contributed by atoms with van der Waals surface area (Å²) in [5.74, 6) is -0.455. The van der Waals surface area contributed by atoms with E-state index >= 15 is 0 Å². The van der Waals surface area contributed by atoms with Crippen LogP contribution in [0.3, 0.4) is 0 Å². The molecule has 7 nitrogen and oxygen atoms in total. The highest BCUT2D eigenvalue weighted by Gasteiger charge is 2.19. The third-order valence-electron chi connectivity index (χ3n) is 2.56. The summed E-state index contributed by atoms with van der Waals surface area (Å²) in [6.45, 7) is -0.0443. The molecule has 0 aliphatic carbocycles. The van der Waals surface area contributed by atoms with Crippen LogP contribution in [0, 0.1) is 0 Å². The van der Waals surface area contributed by atoms with Crippen molar-refractivity contribution in [3.05, 3.63) is 35.4 Å². The molecule has 0 radical (unpaired) electrons. The molecular weight excluding hydrogens is 262 g/mol. The van der Waals surface area contributed by atoms with E-state index in [1.165, 1.54) is 12.0 Å². The third-order valence-corrected chi connectivity index (χ3v) is 2.56. The van der Waals surface area contributed by atoms with Crippen LogP contribution in [-0.4, -0.2) is 48.5 Å². The average molecular weight is 277 g/mol. The first kappa shape index (κ1) is 15.4. The van der Waals surface area contributed by atoms with Crippen molar-refractivity contribution in [3.63, 3.8) is 0 Å². The molecular formula is C13H15N3O4. The fourth-order valence-corrected chi connectivity index (χ4v) is 1.51. The minimum absolute atomic E-state index is 0.184. The summed E-state index contributed by atoms with van der Waals surface area (Å²) in [5, 5.41) is 0. The first-order valence-corrected chi connectivity index (χ1v) is 5.76. The largest absolute Gasteiger partial charge is 0.497 e. The highest BCUT2D eigenvalue weighted by molar-refractivity contribution is 6.24. The molecule has 1 aromatic rings. The normalized spacial score (nSPS) is 9.30. The topological polar surface area (TPSA) is 92.2 Å². The van der Waals surface area contributed by atoms with Crippen molar-refractivity contribution in [1.82, 2.24) is 4.90 Å². The van der Waals surface area contributed by atoms with E-state index in [1.54, 1.807) is 31.4 Å². The molecule has 1 rings (SSSR count). The highest BCUT2D eigenvalue weighted by Crippen LogP contribution is 2.13. The molecule has 0 bridgehead atoms. The van der Waals surface area contributed by atoms with Crippen LogP contribution in [0.1, 0.15) is 5.56 Å². The van der Waals surface area contributed by atoms with E-state index in [-0.39, 0.29) is 13.1 Å². The van der Waals surface area contributed by atoms with Crippen molar-refractivity contribution >= 4 is 18.1 Å².